The largest absolute Gasteiger partial charge is 0.367 e. The second-order valence-electron chi connectivity index (χ2n) is 7.01. The highest BCUT2D eigenvalue weighted by Crippen LogP contribution is 2.26. The average Bonchev–Trinajstić information content (AvgIpc) is 2.55. The Labute approximate surface area is 144 Å². The molecule has 0 saturated heterocycles. The van der Waals surface area contributed by atoms with Gasteiger partial charge in [-0.1, -0.05) is 45.0 Å². The van der Waals surface area contributed by atoms with E-state index in [-0.39, 0.29) is 17.9 Å². The Morgan fingerprint density at radius 2 is 1.79 bits per heavy atom. The molecule has 1 aromatic carbocycles. The third-order valence-electron chi connectivity index (χ3n) is 3.90. The first kappa shape index (κ1) is 18.1. The van der Waals surface area contributed by atoms with Crippen LogP contribution in [0.25, 0.3) is 0 Å². The highest BCUT2D eigenvalue weighted by Gasteiger charge is 2.19. The lowest BCUT2D eigenvalue weighted by molar-refractivity contribution is -0.135. The fraction of sp³-hybridized carbons (Fsp3) is 0.400. The van der Waals surface area contributed by atoms with Crippen molar-refractivity contribution in [3.05, 3.63) is 65.5 Å². The zero-order valence-electron chi connectivity index (χ0n) is 15.0. The normalized spacial score (nSPS) is 11.3. The van der Waals surface area contributed by atoms with Crippen LogP contribution in [-0.2, 0) is 28.1 Å². The molecule has 0 aliphatic heterocycles. The number of hydrogen-bond donors (Lipinski definition) is 0. The molecule has 0 fully saturated rings. The number of nitrogens with zero attached hydrogens (tertiary/aromatic N) is 2. The van der Waals surface area contributed by atoms with Crippen LogP contribution in [0.4, 0.5) is 0 Å². The third-order valence-corrected chi connectivity index (χ3v) is 3.90. The molecule has 1 aromatic heterocycles. The van der Waals surface area contributed by atoms with Gasteiger partial charge in [-0.3, -0.25) is 9.78 Å². The van der Waals surface area contributed by atoms with E-state index in [1.54, 1.807) is 17.3 Å². The van der Waals surface area contributed by atoms with Crippen LogP contribution in [0.15, 0.2) is 48.8 Å². The lowest BCUT2D eigenvalue weighted by atomic mass is 9.83. The molecule has 0 radical (unpaired) electrons. The van der Waals surface area contributed by atoms with E-state index in [1.165, 1.54) is 11.1 Å². The first-order valence-electron chi connectivity index (χ1n) is 8.17. The Kier molecular flexibility index (Phi) is 6.10. The molecule has 0 atom stereocenters. The lowest BCUT2D eigenvalue weighted by Gasteiger charge is -2.25. The molecule has 24 heavy (non-hydrogen) atoms. The summed E-state index contributed by atoms with van der Waals surface area (Å²) in [5.74, 6) is -0.0206. The van der Waals surface area contributed by atoms with Gasteiger partial charge in [0.2, 0.25) is 5.91 Å². The Morgan fingerprint density at radius 1 is 1.12 bits per heavy atom. The molecule has 1 amide bonds. The summed E-state index contributed by atoms with van der Waals surface area (Å²) >= 11 is 0. The Bertz CT molecular complexity index is 663. The number of carbonyl (C=O) groups excluding carboxylic acids is 1. The van der Waals surface area contributed by atoms with Crippen molar-refractivity contribution in [2.24, 2.45) is 0 Å². The van der Waals surface area contributed by atoms with Crippen molar-refractivity contribution >= 4 is 5.91 Å². The van der Waals surface area contributed by atoms with E-state index in [2.05, 4.69) is 37.9 Å². The summed E-state index contributed by atoms with van der Waals surface area (Å²) in [6.45, 7) is 7.64. The van der Waals surface area contributed by atoms with E-state index in [0.29, 0.717) is 13.2 Å². The molecular weight excluding hydrogens is 300 g/mol. The number of amides is 1. The minimum Gasteiger partial charge on any atom is -0.367 e. The fourth-order valence-electron chi connectivity index (χ4n) is 2.58. The van der Waals surface area contributed by atoms with Gasteiger partial charge in [0.15, 0.2) is 0 Å². The summed E-state index contributed by atoms with van der Waals surface area (Å²) in [7, 11) is 1.82. The van der Waals surface area contributed by atoms with Crippen molar-refractivity contribution in [1.29, 1.82) is 0 Å². The molecule has 0 bridgehead atoms. The molecule has 0 aliphatic carbocycles. The second kappa shape index (κ2) is 8.06. The quantitative estimate of drug-likeness (QED) is 0.815. The van der Waals surface area contributed by atoms with Gasteiger partial charge < -0.3 is 9.64 Å². The summed E-state index contributed by atoms with van der Waals surface area (Å²) in [6.07, 6.45) is 3.44. The van der Waals surface area contributed by atoms with E-state index in [9.17, 15) is 4.79 Å². The molecule has 2 rings (SSSR count). The summed E-state index contributed by atoms with van der Waals surface area (Å²) in [5.41, 5.74) is 3.51. The van der Waals surface area contributed by atoms with Crippen molar-refractivity contribution in [2.45, 2.75) is 39.3 Å². The van der Waals surface area contributed by atoms with Crippen LogP contribution >= 0.6 is 0 Å². The summed E-state index contributed by atoms with van der Waals surface area (Å²) in [5, 5.41) is 0. The number of carbonyl (C=O) groups is 1. The molecule has 2 aromatic rings. The molecule has 0 N–H and O–H groups in total. The number of aromatic nitrogens is 1. The van der Waals surface area contributed by atoms with Gasteiger partial charge in [-0.15, -0.1) is 0 Å². The molecule has 0 saturated carbocycles. The monoisotopic (exact) mass is 326 g/mol. The molecule has 4 heteroatoms. The van der Waals surface area contributed by atoms with Crippen LogP contribution in [0.3, 0.4) is 0 Å². The van der Waals surface area contributed by atoms with Gasteiger partial charge in [0.1, 0.15) is 6.61 Å². The predicted octanol–water partition coefficient (Wildman–Crippen LogP) is 3.55. The summed E-state index contributed by atoms with van der Waals surface area (Å²) in [6, 6.07) is 12.0. The summed E-state index contributed by atoms with van der Waals surface area (Å²) in [4.78, 5) is 18.0. The standard InChI is InChI=1S/C20H26N2O2/c1-20(2,3)18-8-6-5-7-17(18)13-22(4)19(23)15-24-14-16-9-11-21-12-10-16/h5-12H,13-15H2,1-4H3. The zero-order valence-corrected chi connectivity index (χ0v) is 15.0. The number of hydrogen-bond acceptors (Lipinski definition) is 3. The van der Waals surface area contributed by atoms with Crippen molar-refractivity contribution in [2.75, 3.05) is 13.7 Å². The van der Waals surface area contributed by atoms with Crippen molar-refractivity contribution in [1.82, 2.24) is 9.88 Å². The first-order chi connectivity index (χ1) is 11.4. The van der Waals surface area contributed by atoms with Gasteiger partial charge in [-0.2, -0.15) is 0 Å². The molecule has 128 valence electrons. The fourth-order valence-corrected chi connectivity index (χ4v) is 2.58. The molecule has 0 spiro atoms. The van der Waals surface area contributed by atoms with Crippen LogP contribution < -0.4 is 0 Å². The Morgan fingerprint density at radius 3 is 2.46 bits per heavy atom. The van der Waals surface area contributed by atoms with Gasteiger partial charge in [-0.25, -0.2) is 0 Å². The molecule has 0 unspecified atom stereocenters. The van der Waals surface area contributed by atoms with Crippen LogP contribution in [-0.4, -0.2) is 29.4 Å². The summed E-state index contributed by atoms with van der Waals surface area (Å²) < 4.78 is 5.52. The minimum absolute atomic E-state index is 0.0206. The lowest BCUT2D eigenvalue weighted by Crippen LogP contribution is -2.31. The first-order valence-corrected chi connectivity index (χ1v) is 8.17. The molecule has 1 heterocycles. The molecule has 0 aliphatic rings. The molecule has 4 nitrogen and oxygen atoms in total. The zero-order chi connectivity index (χ0) is 17.6. The highest BCUT2D eigenvalue weighted by molar-refractivity contribution is 5.77. The van der Waals surface area contributed by atoms with E-state index >= 15 is 0 Å². The number of rotatable bonds is 6. The highest BCUT2D eigenvalue weighted by atomic mass is 16.5. The smallest absolute Gasteiger partial charge is 0.248 e. The van der Waals surface area contributed by atoms with E-state index in [4.69, 9.17) is 4.74 Å². The number of likely N-dealkylation sites (N-methyl/N-ethyl adjacent to an activating group) is 1. The number of benzene rings is 1. The van der Waals surface area contributed by atoms with Gasteiger partial charge in [-0.05, 0) is 34.2 Å². The number of ether oxygens (including phenoxy) is 1. The van der Waals surface area contributed by atoms with Crippen LogP contribution in [0, 0.1) is 0 Å². The van der Waals surface area contributed by atoms with Crippen LogP contribution in [0.1, 0.15) is 37.5 Å². The van der Waals surface area contributed by atoms with Gasteiger partial charge in [0, 0.05) is 26.0 Å². The predicted molar refractivity (Wildman–Crippen MR) is 95.5 cm³/mol. The third kappa shape index (κ3) is 5.17. The maximum Gasteiger partial charge on any atom is 0.248 e. The average molecular weight is 326 g/mol. The van der Waals surface area contributed by atoms with Gasteiger partial charge in [0.05, 0.1) is 6.61 Å². The minimum atomic E-state index is -0.0206. The van der Waals surface area contributed by atoms with Crippen LogP contribution in [0.2, 0.25) is 0 Å². The van der Waals surface area contributed by atoms with Crippen LogP contribution in [0.5, 0.6) is 0 Å². The Balaban J connectivity index is 1.90. The topological polar surface area (TPSA) is 42.4 Å². The van der Waals surface area contributed by atoms with Gasteiger partial charge in [0.25, 0.3) is 0 Å². The Hall–Kier alpha value is -2.20. The maximum atomic E-state index is 12.3. The van der Waals surface area contributed by atoms with Crippen molar-refractivity contribution < 1.29 is 9.53 Å². The van der Waals surface area contributed by atoms with E-state index in [0.717, 1.165) is 5.56 Å². The maximum absolute atomic E-state index is 12.3. The van der Waals surface area contributed by atoms with Gasteiger partial charge >= 0.3 is 0 Å². The van der Waals surface area contributed by atoms with E-state index in [1.807, 2.05) is 31.3 Å². The second-order valence-corrected chi connectivity index (χ2v) is 7.01. The number of pyridine rings is 1. The van der Waals surface area contributed by atoms with Crippen molar-refractivity contribution in [3.8, 4) is 0 Å². The van der Waals surface area contributed by atoms with Crippen molar-refractivity contribution in [3.63, 3.8) is 0 Å². The SMILES string of the molecule is CN(Cc1ccccc1C(C)(C)C)C(=O)COCc1ccncc1. The molecular formula is C20H26N2O2. The van der Waals surface area contributed by atoms with E-state index < -0.39 is 0 Å².